The first kappa shape index (κ1) is 16.1. The molecule has 2 heterocycles. The highest BCUT2D eigenvalue weighted by molar-refractivity contribution is 7.99. The normalized spacial score (nSPS) is 10.7. The maximum absolute atomic E-state index is 12.1. The molecule has 1 aromatic carbocycles. The molecule has 2 aromatic heterocycles. The molecule has 0 aliphatic carbocycles. The molecule has 3 aromatic rings. The number of aromatic amines is 1. The summed E-state index contributed by atoms with van der Waals surface area (Å²) < 4.78 is 1.93. The lowest BCUT2D eigenvalue weighted by atomic mass is 10.1. The molecule has 8 heteroatoms. The second kappa shape index (κ2) is 7.22. The minimum atomic E-state index is -0.232. The zero-order chi connectivity index (χ0) is 16.9. The number of aromatic nitrogens is 4. The highest BCUT2D eigenvalue weighted by atomic mass is 32.2. The van der Waals surface area contributed by atoms with Crippen LogP contribution < -0.4 is 5.32 Å². The van der Waals surface area contributed by atoms with E-state index in [0.29, 0.717) is 23.5 Å². The van der Waals surface area contributed by atoms with Gasteiger partial charge in [-0.15, -0.1) is 0 Å². The number of amides is 1. The van der Waals surface area contributed by atoms with Gasteiger partial charge >= 0.3 is 0 Å². The number of carbonyl (C=O) groups excluding carboxylic acids is 1. The number of nitrogens with one attached hydrogen (secondary N) is 2. The minimum absolute atomic E-state index is 0.127. The van der Waals surface area contributed by atoms with E-state index in [1.54, 1.807) is 48.3 Å². The lowest BCUT2D eigenvalue weighted by Gasteiger charge is -2.03. The van der Waals surface area contributed by atoms with E-state index in [1.165, 1.54) is 0 Å². The van der Waals surface area contributed by atoms with Crippen LogP contribution in [0.3, 0.4) is 0 Å². The average Bonchev–Trinajstić information content (AvgIpc) is 3.21. The van der Waals surface area contributed by atoms with E-state index >= 15 is 0 Å². The standard InChI is InChI=1S/C16H17N5O2S/c1-21-8-6-18-16(21)24-9-7-17-15(23)13-10-12(19-20-13)11-4-2-3-5-14(11)22/h2-6,8,10,22H,7,9H2,1H3,(H,17,23)(H,19,20). The molecule has 0 unspecified atom stereocenters. The molecule has 1 amide bonds. The number of aryl methyl sites for hydroxylation is 1. The predicted octanol–water partition coefficient (Wildman–Crippen LogP) is 2.04. The van der Waals surface area contributed by atoms with Gasteiger partial charge in [0.05, 0.1) is 5.69 Å². The zero-order valence-corrected chi connectivity index (χ0v) is 13.9. The van der Waals surface area contributed by atoms with Crippen molar-refractivity contribution in [3.05, 3.63) is 48.4 Å². The number of hydrogen-bond donors (Lipinski definition) is 3. The average molecular weight is 343 g/mol. The number of imidazole rings is 1. The molecule has 124 valence electrons. The molecular weight excluding hydrogens is 326 g/mol. The van der Waals surface area contributed by atoms with Gasteiger partial charge in [0.25, 0.3) is 5.91 Å². The Kier molecular flexibility index (Phi) is 4.85. The number of phenols is 1. The van der Waals surface area contributed by atoms with Gasteiger partial charge in [-0.1, -0.05) is 23.9 Å². The molecule has 0 spiro atoms. The van der Waals surface area contributed by atoms with Crippen LogP contribution >= 0.6 is 11.8 Å². The number of rotatable bonds is 6. The third-order valence-electron chi connectivity index (χ3n) is 3.40. The Bertz CT molecular complexity index is 842. The van der Waals surface area contributed by atoms with Gasteiger partial charge in [-0.3, -0.25) is 9.89 Å². The number of H-pyrrole nitrogens is 1. The topological polar surface area (TPSA) is 95.8 Å². The van der Waals surface area contributed by atoms with Crippen LogP contribution in [0.15, 0.2) is 47.9 Å². The molecule has 0 saturated carbocycles. The number of hydrogen-bond acceptors (Lipinski definition) is 5. The van der Waals surface area contributed by atoms with E-state index < -0.39 is 0 Å². The van der Waals surface area contributed by atoms with Gasteiger partial charge < -0.3 is 15.0 Å². The second-order valence-electron chi connectivity index (χ2n) is 5.11. The Balaban J connectivity index is 1.54. The monoisotopic (exact) mass is 343 g/mol. The summed E-state index contributed by atoms with van der Waals surface area (Å²) in [6, 6.07) is 8.49. The van der Waals surface area contributed by atoms with Crippen molar-refractivity contribution in [2.45, 2.75) is 5.16 Å². The van der Waals surface area contributed by atoms with Gasteiger partial charge in [0.1, 0.15) is 11.4 Å². The van der Waals surface area contributed by atoms with Gasteiger partial charge in [0, 0.05) is 37.3 Å². The fraction of sp³-hybridized carbons (Fsp3) is 0.188. The molecule has 0 bridgehead atoms. The molecule has 0 saturated heterocycles. The van der Waals surface area contributed by atoms with Crippen molar-refractivity contribution in [1.82, 2.24) is 25.1 Å². The maximum Gasteiger partial charge on any atom is 0.269 e. The molecule has 3 rings (SSSR count). The quantitative estimate of drug-likeness (QED) is 0.470. The van der Waals surface area contributed by atoms with E-state index in [1.807, 2.05) is 17.8 Å². The van der Waals surface area contributed by atoms with Crippen LogP contribution in [-0.4, -0.2) is 43.1 Å². The van der Waals surface area contributed by atoms with Crippen LogP contribution in [0.25, 0.3) is 11.3 Å². The largest absolute Gasteiger partial charge is 0.507 e. The maximum atomic E-state index is 12.1. The third-order valence-corrected chi connectivity index (χ3v) is 4.46. The Labute approximate surface area is 143 Å². The molecule has 3 N–H and O–H groups in total. The third kappa shape index (κ3) is 3.60. The van der Waals surface area contributed by atoms with Crippen molar-refractivity contribution < 1.29 is 9.90 Å². The first-order valence-electron chi connectivity index (χ1n) is 7.37. The van der Waals surface area contributed by atoms with Gasteiger partial charge in [-0.2, -0.15) is 5.10 Å². The van der Waals surface area contributed by atoms with Gasteiger partial charge in [-0.25, -0.2) is 4.98 Å². The van der Waals surface area contributed by atoms with E-state index in [-0.39, 0.29) is 11.7 Å². The SMILES string of the molecule is Cn1ccnc1SCCNC(=O)c1cc(-c2ccccc2O)n[nH]1. The van der Waals surface area contributed by atoms with Crippen LogP contribution in [-0.2, 0) is 7.05 Å². The number of thioether (sulfide) groups is 1. The van der Waals surface area contributed by atoms with Crippen molar-refractivity contribution in [2.75, 3.05) is 12.3 Å². The van der Waals surface area contributed by atoms with Crippen molar-refractivity contribution in [1.29, 1.82) is 0 Å². The Morgan fingerprint density at radius 2 is 2.25 bits per heavy atom. The Morgan fingerprint density at radius 3 is 3.00 bits per heavy atom. The van der Waals surface area contributed by atoms with Crippen LogP contribution in [0, 0.1) is 0 Å². The summed E-state index contributed by atoms with van der Waals surface area (Å²) in [4.78, 5) is 16.3. The highest BCUT2D eigenvalue weighted by Crippen LogP contribution is 2.27. The molecule has 7 nitrogen and oxygen atoms in total. The number of carbonyl (C=O) groups is 1. The molecule has 0 fully saturated rings. The van der Waals surface area contributed by atoms with Crippen LogP contribution in [0.2, 0.25) is 0 Å². The predicted molar refractivity (Wildman–Crippen MR) is 92.0 cm³/mol. The second-order valence-corrected chi connectivity index (χ2v) is 6.17. The zero-order valence-electron chi connectivity index (χ0n) is 13.1. The summed E-state index contributed by atoms with van der Waals surface area (Å²) in [6.45, 7) is 0.515. The number of aromatic hydroxyl groups is 1. The summed E-state index contributed by atoms with van der Waals surface area (Å²) >= 11 is 1.57. The molecular formula is C16H17N5O2S. The first-order valence-corrected chi connectivity index (χ1v) is 8.36. The molecule has 0 aliphatic heterocycles. The summed E-state index contributed by atoms with van der Waals surface area (Å²) in [7, 11) is 1.93. The fourth-order valence-corrected chi connectivity index (χ4v) is 2.95. The van der Waals surface area contributed by atoms with Crippen molar-refractivity contribution in [2.24, 2.45) is 7.05 Å². The number of benzene rings is 1. The smallest absolute Gasteiger partial charge is 0.269 e. The fourth-order valence-electron chi connectivity index (χ4n) is 2.16. The van der Waals surface area contributed by atoms with E-state index in [2.05, 4.69) is 20.5 Å². The van der Waals surface area contributed by atoms with E-state index in [4.69, 9.17) is 0 Å². The summed E-state index contributed by atoms with van der Waals surface area (Å²) in [5.74, 6) is 0.615. The van der Waals surface area contributed by atoms with Crippen molar-refractivity contribution in [3.63, 3.8) is 0 Å². The van der Waals surface area contributed by atoms with Crippen molar-refractivity contribution in [3.8, 4) is 17.0 Å². The van der Waals surface area contributed by atoms with E-state index in [9.17, 15) is 9.90 Å². The number of nitrogens with zero attached hydrogens (tertiary/aromatic N) is 3. The van der Waals surface area contributed by atoms with Gasteiger partial charge in [-0.05, 0) is 18.2 Å². The minimum Gasteiger partial charge on any atom is -0.507 e. The summed E-state index contributed by atoms with van der Waals surface area (Å²) in [5.41, 5.74) is 1.47. The van der Waals surface area contributed by atoms with Crippen LogP contribution in [0.5, 0.6) is 5.75 Å². The molecule has 24 heavy (non-hydrogen) atoms. The van der Waals surface area contributed by atoms with Crippen molar-refractivity contribution >= 4 is 17.7 Å². The molecule has 0 radical (unpaired) electrons. The number of para-hydroxylation sites is 1. The Morgan fingerprint density at radius 1 is 1.42 bits per heavy atom. The first-order chi connectivity index (χ1) is 11.6. The summed E-state index contributed by atoms with van der Waals surface area (Å²) in [6.07, 6.45) is 3.62. The Hall–Kier alpha value is -2.74. The molecule has 0 atom stereocenters. The highest BCUT2D eigenvalue weighted by Gasteiger charge is 2.12. The lowest BCUT2D eigenvalue weighted by Crippen LogP contribution is -2.26. The van der Waals surface area contributed by atoms with Crippen LogP contribution in [0.4, 0.5) is 0 Å². The van der Waals surface area contributed by atoms with Gasteiger partial charge in [0.2, 0.25) is 0 Å². The van der Waals surface area contributed by atoms with Crippen LogP contribution in [0.1, 0.15) is 10.5 Å². The van der Waals surface area contributed by atoms with Gasteiger partial charge in [0.15, 0.2) is 5.16 Å². The lowest BCUT2D eigenvalue weighted by molar-refractivity contribution is 0.0951. The summed E-state index contributed by atoms with van der Waals surface area (Å²) in [5, 5.41) is 20.4. The molecule has 0 aliphatic rings. The number of phenolic OH excluding ortho intramolecular Hbond substituents is 1. The van der Waals surface area contributed by atoms with E-state index in [0.717, 1.165) is 10.9 Å².